The number of amides is 1. The topological polar surface area (TPSA) is 77.8 Å². The molecule has 1 aromatic rings. The van der Waals surface area contributed by atoms with Crippen molar-refractivity contribution in [2.24, 2.45) is 5.92 Å². The molecule has 0 spiro atoms. The van der Waals surface area contributed by atoms with Gasteiger partial charge in [0.05, 0.1) is 0 Å². The molecular formula is C15H19NO4. The summed E-state index contributed by atoms with van der Waals surface area (Å²) in [5.74, 6) is -1.02. The van der Waals surface area contributed by atoms with Crippen molar-refractivity contribution in [1.82, 2.24) is 4.90 Å². The summed E-state index contributed by atoms with van der Waals surface area (Å²) in [6, 6.07) is 6.38. The molecule has 0 aliphatic heterocycles. The van der Waals surface area contributed by atoms with E-state index in [0.29, 0.717) is 6.54 Å². The number of carboxylic acids is 1. The van der Waals surface area contributed by atoms with Crippen LogP contribution in [0, 0.1) is 5.92 Å². The second kappa shape index (κ2) is 7.33. The van der Waals surface area contributed by atoms with E-state index in [2.05, 4.69) is 0 Å². The van der Waals surface area contributed by atoms with E-state index in [1.807, 2.05) is 13.8 Å². The SMILES string of the molecule is CC(C)CN(CC(=O)O)C(=O)C=Cc1ccc(O)cc1. The molecule has 0 aliphatic rings. The molecule has 0 aliphatic carbocycles. The van der Waals surface area contributed by atoms with Crippen molar-refractivity contribution in [3.8, 4) is 5.75 Å². The lowest BCUT2D eigenvalue weighted by Crippen LogP contribution is -2.37. The van der Waals surface area contributed by atoms with Crippen molar-refractivity contribution in [3.05, 3.63) is 35.9 Å². The van der Waals surface area contributed by atoms with Crippen LogP contribution in [0.15, 0.2) is 30.3 Å². The van der Waals surface area contributed by atoms with Gasteiger partial charge >= 0.3 is 5.97 Å². The van der Waals surface area contributed by atoms with Gasteiger partial charge in [-0.05, 0) is 29.7 Å². The van der Waals surface area contributed by atoms with Crippen LogP contribution in [0.2, 0.25) is 0 Å². The molecular weight excluding hydrogens is 258 g/mol. The molecule has 0 unspecified atom stereocenters. The maximum atomic E-state index is 12.0. The van der Waals surface area contributed by atoms with Gasteiger partial charge in [-0.15, -0.1) is 0 Å². The van der Waals surface area contributed by atoms with Crippen molar-refractivity contribution >= 4 is 18.0 Å². The molecule has 0 saturated heterocycles. The van der Waals surface area contributed by atoms with E-state index in [-0.39, 0.29) is 24.1 Å². The lowest BCUT2D eigenvalue weighted by Gasteiger charge is -2.21. The van der Waals surface area contributed by atoms with Crippen LogP contribution in [-0.2, 0) is 9.59 Å². The van der Waals surface area contributed by atoms with E-state index in [9.17, 15) is 9.59 Å². The average molecular weight is 277 g/mol. The van der Waals surface area contributed by atoms with E-state index in [0.717, 1.165) is 5.56 Å². The molecule has 108 valence electrons. The minimum absolute atomic E-state index is 0.154. The first-order chi connectivity index (χ1) is 9.38. The normalized spacial score (nSPS) is 10.9. The van der Waals surface area contributed by atoms with Gasteiger partial charge in [-0.2, -0.15) is 0 Å². The van der Waals surface area contributed by atoms with Crippen LogP contribution in [0.4, 0.5) is 0 Å². The van der Waals surface area contributed by atoms with Crippen LogP contribution in [0.3, 0.4) is 0 Å². The monoisotopic (exact) mass is 277 g/mol. The minimum Gasteiger partial charge on any atom is -0.508 e. The number of aliphatic carboxylic acids is 1. The predicted octanol–water partition coefficient (Wildman–Crippen LogP) is 1.97. The largest absolute Gasteiger partial charge is 0.508 e. The fourth-order valence-electron chi connectivity index (χ4n) is 1.69. The number of rotatable bonds is 6. The van der Waals surface area contributed by atoms with Crippen molar-refractivity contribution in [2.45, 2.75) is 13.8 Å². The van der Waals surface area contributed by atoms with Crippen LogP contribution < -0.4 is 0 Å². The van der Waals surface area contributed by atoms with Gasteiger partial charge in [0.25, 0.3) is 0 Å². The minimum atomic E-state index is -1.03. The molecule has 5 heteroatoms. The summed E-state index contributed by atoms with van der Waals surface area (Å²) in [4.78, 5) is 24.0. The highest BCUT2D eigenvalue weighted by Crippen LogP contribution is 2.11. The van der Waals surface area contributed by atoms with Gasteiger partial charge in [-0.25, -0.2) is 0 Å². The Morgan fingerprint density at radius 2 is 1.85 bits per heavy atom. The van der Waals surface area contributed by atoms with Crippen LogP contribution in [0.5, 0.6) is 5.75 Å². The Labute approximate surface area is 118 Å². The molecule has 1 rings (SSSR count). The molecule has 0 radical (unpaired) electrons. The lowest BCUT2D eigenvalue weighted by molar-refractivity contribution is -0.143. The molecule has 5 nitrogen and oxygen atoms in total. The summed E-state index contributed by atoms with van der Waals surface area (Å²) in [6.45, 7) is 3.93. The molecule has 20 heavy (non-hydrogen) atoms. The third-order valence-corrected chi connectivity index (χ3v) is 2.53. The van der Waals surface area contributed by atoms with Crippen molar-refractivity contribution in [3.63, 3.8) is 0 Å². The van der Waals surface area contributed by atoms with E-state index in [1.54, 1.807) is 18.2 Å². The number of phenols is 1. The standard InChI is InChI=1S/C15H19NO4/c1-11(2)9-16(10-15(19)20)14(18)8-5-12-3-6-13(17)7-4-12/h3-8,11,17H,9-10H2,1-2H3,(H,19,20). The number of carbonyl (C=O) groups excluding carboxylic acids is 1. The summed E-state index contributed by atoms with van der Waals surface area (Å²) in [7, 11) is 0. The number of benzene rings is 1. The molecule has 0 saturated carbocycles. The highest BCUT2D eigenvalue weighted by molar-refractivity contribution is 5.93. The van der Waals surface area contributed by atoms with E-state index in [4.69, 9.17) is 10.2 Å². The molecule has 0 bridgehead atoms. The second-order valence-corrected chi connectivity index (χ2v) is 4.93. The fourth-order valence-corrected chi connectivity index (χ4v) is 1.69. The lowest BCUT2D eigenvalue weighted by atomic mass is 10.2. The van der Waals surface area contributed by atoms with Crippen molar-refractivity contribution in [2.75, 3.05) is 13.1 Å². The molecule has 0 heterocycles. The van der Waals surface area contributed by atoms with E-state index < -0.39 is 5.97 Å². The highest BCUT2D eigenvalue weighted by atomic mass is 16.4. The number of phenolic OH excluding ortho intramolecular Hbond substituents is 1. The Morgan fingerprint density at radius 3 is 2.35 bits per heavy atom. The van der Waals surface area contributed by atoms with Gasteiger partial charge in [-0.3, -0.25) is 9.59 Å². The van der Waals surface area contributed by atoms with E-state index >= 15 is 0 Å². The zero-order valence-electron chi connectivity index (χ0n) is 11.6. The Bertz CT molecular complexity index is 491. The van der Waals surface area contributed by atoms with E-state index in [1.165, 1.54) is 23.1 Å². The van der Waals surface area contributed by atoms with Crippen LogP contribution in [0.1, 0.15) is 19.4 Å². The summed E-state index contributed by atoms with van der Waals surface area (Å²) in [6.07, 6.45) is 2.94. The van der Waals surface area contributed by atoms with Crippen LogP contribution in [0.25, 0.3) is 6.08 Å². The number of carbonyl (C=O) groups is 2. The second-order valence-electron chi connectivity index (χ2n) is 4.93. The third kappa shape index (κ3) is 5.56. The molecule has 0 atom stereocenters. The summed E-state index contributed by atoms with van der Waals surface area (Å²) >= 11 is 0. The van der Waals surface area contributed by atoms with Crippen LogP contribution >= 0.6 is 0 Å². The van der Waals surface area contributed by atoms with Crippen molar-refractivity contribution < 1.29 is 19.8 Å². The first kappa shape index (κ1) is 15.8. The van der Waals surface area contributed by atoms with Crippen LogP contribution in [-0.4, -0.2) is 40.1 Å². The Morgan fingerprint density at radius 1 is 1.25 bits per heavy atom. The van der Waals surface area contributed by atoms with Crippen molar-refractivity contribution in [1.29, 1.82) is 0 Å². The first-order valence-electron chi connectivity index (χ1n) is 6.36. The highest BCUT2D eigenvalue weighted by Gasteiger charge is 2.15. The molecule has 1 aromatic carbocycles. The van der Waals surface area contributed by atoms with Gasteiger partial charge in [0.15, 0.2) is 0 Å². The number of hydrogen-bond donors (Lipinski definition) is 2. The van der Waals surface area contributed by atoms with Gasteiger partial charge in [0.2, 0.25) is 5.91 Å². The zero-order chi connectivity index (χ0) is 15.1. The summed E-state index contributed by atoms with van der Waals surface area (Å²) < 4.78 is 0. The average Bonchev–Trinajstić information content (AvgIpc) is 2.36. The summed E-state index contributed by atoms with van der Waals surface area (Å²) in [5.41, 5.74) is 0.760. The quantitative estimate of drug-likeness (QED) is 0.779. The molecule has 0 fully saturated rings. The fraction of sp³-hybridized carbons (Fsp3) is 0.333. The van der Waals surface area contributed by atoms with Gasteiger partial charge in [0.1, 0.15) is 12.3 Å². The number of nitrogens with zero attached hydrogens (tertiary/aromatic N) is 1. The Hall–Kier alpha value is -2.30. The molecule has 1 amide bonds. The smallest absolute Gasteiger partial charge is 0.323 e. The Balaban J connectivity index is 2.73. The first-order valence-corrected chi connectivity index (χ1v) is 6.36. The zero-order valence-corrected chi connectivity index (χ0v) is 11.6. The number of carboxylic acid groups (broad SMARTS) is 1. The number of hydrogen-bond acceptors (Lipinski definition) is 3. The third-order valence-electron chi connectivity index (χ3n) is 2.53. The van der Waals surface area contributed by atoms with Gasteiger partial charge < -0.3 is 15.1 Å². The van der Waals surface area contributed by atoms with Gasteiger partial charge in [0, 0.05) is 12.6 Å². The molecule has 0 aromatic heterocycles. The molecule has 2 N–H and O–H groups in total. The summed E-state index contributed by atoms with van der Waals surface area (Å²) in [5, 5.41) is 18.0. The maximum Gasteiger partial charge on any atom is 0.323 e. The predicted molar refractivity (Wildman–Crippen MR) is 76.2 cm³/mol. The Kier molecular flexibility index (Phi) is 5.77. The number of aromatic hydroxyl groups is 1. The maximum absolute atomic E-state index is 12.0. The van der Waals surface area contributed by atoms with Gasteiger partial charge in [-0.1, -0.05) is 26.0 Å².